The van der Waals surface area contributed by atoms with Crippen LogP contribution >= 0.6 is 11.6 Å². The number of ether oxygens (including phenoxy) is 1. The van der Waals surface area contributed by atoms with E-state index in [9.17, 15) is 9.59 Å². The molecule has 0 aliphatic carbocycles. The lowest BCUT2D eigenvalue weighted by atomic mass is 10.2. The first kappa shape index (κ1) is 15.1. The molecule has 1 amide bonds. The maximum atomic E-state index is 12.0. The van der Waals surface area contributed by atoms with Crippen LogP contribution in [0.2, 0.25) is 5.02 Å². The first-order valence-corrected chi connectivity index (χ1v) is 6.76. The summed E-state index contributed by atoms with van der Waals surface area (Å²) in [6, 6.07) is 8.44. The van der Waals surface area contributed by atoms with Gasteiger partial charge in [-0.1, -0.05) is 17.7 Å². The molecule has 0 radical (unpaired) electrons. The van der Waals surface area contributed by atoms with E-state index in [1.54, 1.807) is 36.5 Å². The lowest BCUT2D eigenvalue weighted by Gasteiger charge is -2.14. The second kappa shape index (κ2) is 6.45. The number of hydrogen-bond acceptors (Lipinski definition) is 3. The standard InChI is InChI=1S/C15H15ClN2O3/c1-9-5-6-11(16)8-13(9)18-14(19)10(2)21-15(20)12-4-3-7-17-12/h3-8,10,17H,1-2H3,(H,18,19)/t10-/m0/s1. The summed E-state index contributed by atoms with van der Waals surface area (Å²) in [6.45, 7) is 3.36. The van der Waals surface area contributed by atoms with E-state index in [2.05, 4.69) is 10.3 Å². The first-order chi connectivity index (χ1) is 9.97. The number of esters is 1. The summed E-state index contributed by atoms with van der Waals surface area (Å²) >= 11 is 5.89. The molecule has 5 nitrogen and oxygen atoms in total. The van der Waals surface area contributed by atoms with Crippen LogP contribution in [0.3, 0.4) is 0 Å². The molecule has 0 unspecified atom stereocenters. The summed E-state index contributed by atoms with van der Waals surface area (Å²) in [4.78, 5) is 26.5. The Morgan fingerprint density at radius 1 is 1.33 bits per heavy atom. The number of H-pyrrole nitrogens is 1. The van der Waals surface area contributed by atoms with Gasteiger partial charge in [0.05, 0.1) is 0 Å². The van der Waals surface area contributed by atoms with Gasteiger partial charge >= 0.3 is 5.97 Å². The van der Waals surface area contributed by atoms with Crippen molar-refractivity contribution in [2.75, 3.05) is 5.32 Å². The van der Waals surface area contributed by atoms with E-state index < -0.39 is 18.0 Å². The Morgan fingerprint density at radius 3 is 2.76 bits per heavy atom. The van der Waals surface area contributed by atoms with E-state index in [0.717, 1.165) is 5.56 Å². The van der Waals surface area contributed by atoms with Crippen molar-refractivity contribution in [3.05, 3.63) is 52.8 Å². The van der Waals surface area contributed by atoms with Gasteiger partial charge in [0.1, 0.15) is 5.69 Å². The Labute approximate surface area is 127 Å². The third kappa shape index (κ3) is 3.86. The molecule has 1 atom stereocenters. The predicted octanol–water partition coefficient (Wildman–Crippen LogP) is 3.16. The van der Waals surface area contributed by atoms with Gasteiger partial charge in [-0.3, -0.25) is 4.79 Å². The van der Waals surface area contributed by atoms with Crippen LogP contribution in [0.1, 0.15) is 23.0 Å². The Bertz CT molecular complexity index is 653. The van der Waals surface area contributed by atoms with E-state index >= 15 is 0 Å². The summed E-state index contributed by atoms with van der Waals surface area (Å²) in [6.07, 6.45) is 0.690. The molecule has 0 saturated heterocycles. The minimum absolute atomic E-state index is 0.300. The third-order valence-electron chi connectivity index (χ3n) is 2.93. The van der Waals surface area contributed by atoms with Gasteiger partial charge in [0.2, 0.25) is 0 Å². The van der Waals surface area contributed by atoms with E-state index in [1.165, 1.54) is 6.92 Å². The highest BCUT2D eigenvalue weighted by Gasteiger charge is 2.20. The Morgan fingerprint density at radius 2 is 2.10 bits per heavy atom. The fourth-order valence-electron chi connectivity index (χ4n) is 1.70. The number of aromatic nitrogens is 1. The van der Waals surface area contributed by atoms with Crippen molar-refractivity contribution < 1.29 is 14.3 Å². The number of aromatic amines is 1. The zero-order chi connectivity index (χ0) is 15.4. The highest BCUT2D eigenvalue weighted by atomic mass is 35.5. The van der Waals surface area contributed by atoms with Crippen LogP contribution in [0.25, 0.3) is 0 Å². The number of carbonyl (C=O) groups is 2. The average Bonchev–Trinajstić information content (AvgIpc) is 2.97. The summed E-state index contributed by atoms with van der Waals surface area (Å²) in [7, 11) is 0. The van der Waals surface area contributed by atoms with Crippen LogP contribution in [-0.2, 0) is 9.53 Å². The van der Waals surface area contributed by atoms with Crippen LogP contribution < -0.4 is 5.32 Å². The van der Waals surface area contributed by atoms with Crippen LogP contribution in [0.5, 0.6) is 0 Å². The smallest absolute Gasteiger partial charge is 0.355 e. The fraction of sp³-hybridized carbons (Fsp3) is 0.200. The molecule has 1 aromatic carbocycles. The maximum Gasteiger partial charge on any atom is 0.355 e. The van der Waals surface area contributed by atoms with Gasteiger partial charge in [-0.05, 0) is 43.7 Å². The van der Waals surface area contributed by atoms with Crippen LogP contribution in [0, 0.1) is 6.92 Å². The van der Waals surface area contributed by atoms with Crippen molar-refractivity contribution >= 4 is 29.2 Å². The van der Waals surface area contributed by atoms with Crippen LogP contribution in [-0.4, -0.2) is 23.0 Å². The predicted molar refractivity (Wildman–Crippen MR) is 80.5 cm³/mol. The van der Waals surface area contributed by atoms with Gasteiger partial charge in [-0.15, -0.1) is 0 Å². The van der Waals surface area contributed by atoms with E-state index in [4.69, 9.17) is 16.3 Å². The Balaban J connectivity index is 1.99. The minimum Gasteiger partial charge on any atom is -0.448 e. The first-order valence-electron chi connectivity index (χ1n) is 6.39. The molecular formula is C15H15ClN2O3. The number of halogens is 1. The van der Waals surface area contributed by atoms with Crippen molar-refractivity contribution in [3.63, 3.8) is 0 Å². The number of amides is 1. The molecule has 1 aromatic heterocycles. The van der Waals surface area contributed by atoms with Crippen molar-refractivity contribution in [2.45, 2.75) is 20.0 Å². The number of aryl methyl sites for hydroxylation is 1. The summed E-state index contributed by atoms with van der Waals surface area (Å²) < 4.78 is 5.08. The lowest BCUT2D eigenvalue weighted by molar-refractivity contribution is -0.123. The molecule has 110 valence electrons. The SMILES string of the molecule is Cc1ccc(Cl)cc1NC(=O)[C@H](C)OC(=O)c1ccc[nH]1. The number of nitrogens with one attached hydrogen (secondary N) is 2. The average molecular weight is 307 g/mol. The molecule has 0 aliphatic rings. The highest BCUT2D eigenvalue weighted by molar-refractivity contribution is 6.31. The van der Waals surface area contributed by atoms with Gasteiger partial charge in [-0.2, -0.15) is 0 Å². The monoisotopic (exact) mass is 306 g/mol. The van der Waals surface area contributed by atoms with Crippen molar-refractivity contribution in [2.24, 2.45) is 0 Å². The van der Waals surface area contributed by atoms with E-state index in [0.29, 0.717) is 16.4 Å². The molecular weight excluding hydrogens is 292 g/mol. The molecule has 2 N–H and O–H groups in total. The number of benzene rings is 1. The van der Waals surface area contributed by atoms with Crippen molar-refractivity contribution in [3.8, 4) is 0 Å². The zero-order valence-corrected chi connectivity index (χ0v) is 12.4. The van der Waals surface area contributed by atoms with E-state index in [1.807, 2.05) is 6.92 Å². The second-order valence-corrected chi connectivity index (χ2v) is 5.02. The number of carbonyl (C=O) groups excluding carboxylic acids is 2. The van der Waals surface area contributed by atoms with Gasteiger partial charge in [0.25, 0.3) is 5.91 Å². The maximum absolute atomic E-state index is 12.0. The summed E-state index contributed by atoms with van der Waals surface area (Å²) in [5.74, 6) is -0.995. The molecule has 6 heteroatoms. The highest BCUT2D eigenvalue weighted by Crippen LogP contribution is 2.20. The number of rotatable bonds is 4. The molecule has 2 aromatic rings. The third-order valence-corrected chi connectivity index (χ3v) is 3.16. The van der Waals surface area contributed by atoms with Crippen molar-refractivity contribution in [1.82, 2.24) is 4.98 Å². The van der Waals surface area contributed by atoms with Gasteiger partial charge < -0.3 is 15.0 Å². The molecule has 0 spiro atoms. The topological polar surface area (TPSA) is 71.2 Å². The fourth-order valence-corrected chi connectivity index (χ4v) is 1.87. The quantitative estimate of drug-likeness (QED) is 0.852. The summed E-state index contributed by atoms with van der Waals surface area (Å²) in [5.41, 5.74) is 1.76. The Hall–Kier alpha value is -2.27. The normalized spacial score (nSPS) is 11.8. The van der Waals surface area contributed by atoms with Crippen molar-refractivity contribution in [1.29, 1.82) is 0 Å². The molecule has 0 aliphatic heterocycles. The van der Waals surface area contributed by atoms with Crippen LogP contribution in [0.4, 0.5) is 5.69 Å². The Kier molecular flexibility index (Phi) is 4.65. The number of anilines is 1. The molecule has 2 rings (SSSR count). The molecule has 0 saturated carbocycles. The van der Waals surface area contributed by atoms with Gasteiger partial charge in [-0.25, -0.2) is 4.79 Å². The largest absolute Gasteiger partial charge is 0.448 e. The minimum atomic E-state index is -0.917. The summed E-state index contributed by atoms with van der Waals surface area (Å²) in [5, 5.41) is 3.21. The molecule has 21 heavy (non-hydrogen) atoms. The number of hydrogen-bond donors (Lipinski definition) is 2. The second-order valence-electron chi connectivity index (χ2n) is 4.58. The molecule has 0 fully saturated rings. The lowest BCUT2D eigenvalue weighted by Crippen LogP contribution is -2.30. The zero-order valence-electron chi connectivity index (χ0n) is 11.6. The van der Waals surface area contributed by atoms with Gasteiger partial charge in [0, 0.05) is 16.9 Å². The van der Waals surface area contributed by atoms with E-state index in [-0.39, 0.29) is 0 Å². The van der Waals surface area contributed by atoms with Crippen LogP contribution in [0.15, 0.2) is 36.5 Å². The molecule has 1 heterocycles. The van der Waals surface area contributed by atoms with Gasteiger partial charge in [0.15, 0.2) is 6.10 Å². The molecule has 0 bridgehead atoms.